The van der Waals surface area contributed by atoms with E-state index in [1.165, 1.54) is 5.57 Å². The second-order valence-corrected chi connectivity index (χ2v) is 6.94. The van der Waals surface area contributed by atoms with Gasteiger partial charge in [-0.1, -0.05) is 6.92 Å². The molecule has 4 N–H and O–H groups in total. The molecular formula is C16H26O7. The van der Waals surface area contributed by atoms with Crippen molar-refractivity contribution in [3.05, 3.63) is 11.8 Å². The van der Waals surface area contributed by atoms with E-state index in [0.29, 0.717) is 11.8 Å². The average molecular weight is 330 g/mol. The van der Waals surface area contributed by atoms with Crippen LogP contribution in [-0.4, -0.2) is 64.0 Å². The lowest BCUT2D eigenvalue weighted by molar-refractivity contribution is -0.342. The van der Waals surface area contributed by atoms with Crippen molar-refractivity contribution in [2.75, 3.05) is 6.61 Å². The fourth-order valence-corrected chi connectivity index (χ4v) is 4.00. The van der Waals surface area contributed by atoms with Crippen LogP contribution in [0.25, 0.3) is 0 Å². The Morgan fingerprint density at radius 3 is 2.57 bits per heavy atom. The molecule has 3 aliphatic rings. The molecular weight excluding hydrogens is 304 g/mol. The zero-order valence-electron chi connectivity index (χ0n) is 13.4. The molecule has 9 unspecified atom stereocenters. The SMILES string of the molecule is CC1=COC(OC2OC(CO)C(O)C(O)C2O)C2C(C)CCC12. The van der Waals surface area contributed by atoms with Crippen molar-refractivity contribution in [3.63, 3.8) is 0 Å². The van der Waals surface area contributed by atoms with Gasteiger partial charge in [-0.2, -0.15) is 0 Å². The Morgan fingerprint density at radius 2 is 1.87 bits per heavy atom. The van der Waals surface area contributed by atoms with E-state index in [1.54, 1.807) is 6.26 Å². The van der Waals surface area contributed by atoms with Gasteiger partial charge in [-0.3, -0.25) is 0 Å². The summed E-state index contributed by atoms with van der Waals surface area (Å²) in [6.07, 6.45) is -3.10. The molecule has 3 rings (SSSR count). The summed E-state index contributed by atoms with van der Waals surface area (Å²) in [7, 11) is 0. The molecule has 0 spiro atoms. The molecule has 132 valence electrons. The summed E-state index contributed by atoms with van der Waals surface area (Å²) in [6.45, 7) is 3.72. The molecule has 7 nitrogen and oxygen atoms in total. The standard InChI is InChI=1S/C16H26O7/c1-7-3-4-9-8(2)6-21-15(11(7)9)23-16-14(20)13(19)12(18)10(5-17)22-16/h6-7,9-20H,3-5H2,1-2H3. The zero-order valence-corrected chi connectivity index (χ0v) is 13.4. The quantitative estimate of drug-likeness (QED) is 0.564. The zero-order chi connectivity index (χ0) is 16.7. The summed E-state index contributed by atoms with van der Waals surface area (Å²) < 4.78 is 16.9. The largest absolute Gasteiger partial charge is 0.472 e. The molecule has 23 heavy (non-hydrogen) atoms. The first-order chi connectivity index (χ1) is 10.9. The lowest BCUT2D eigenvalue weighted by Crippen LogP contribution is -2.60. The maximum atomic E-state index is 10.1. The van der Waals surface area contributed by atoms with Crippen LogP contribution in [0.3, 0.4) is 0 Å². The predicted molar refractivity (Wildman–Crippen MR) is 78.9 cm³/mol. The van der Waals surface area contributed by atoms with Gasteiger partial charge in [-0.05, 0) is 37.2 Å². The molecule has 7 heteroatoms. The highest BCUT2D eigenvalue weighted by Gasteiger charge is 2.49. The Hall–Kier alpha value is -0.700. The lowest BCUT2D eigenvalue weighted by atomic mass is 9.84. The van der Waals surface area contributed by atoms with E-state index in [9.17, 15) is 20.4 Å². The van der Waals surface area contributed by atoms with Crippen molar-refractivity contribution in [2.45, 2.75) is 63.7 Å². The van der Waals surface area contributed by atoms with Crippen LogP contribution in [0.1, 0.15) is 26.7 Å². The van der Waals surface area contributed by atoms with Gasteiger partial charge in [0.15, 0.2) is 6.29 Å². The van der Waals surface area contributed by atoms with E-state index in [0.717, 1.165) is 12.8 Å². The van der Waals surface area contributed by atoms with Crippen LogP contribution in [0.15, 0.2) is 11.8 Å². The predicted octanol–water partition coefficient (Wildman–Crippen LogP) is -0.275. The molecule has 1 saturated carbocycles. The van der Waals surface area contributed by atoms with E-state index < -0.39 is 43.6 Å². The minimum absolute atomic E-state index is 0.160. The van der Waals surface area contributed by atoms with Crippen molar-refractivity contribution < 1.29 is 34.6 Å². The van der Waals surface area contributed by atoms with Crippen molar-refractivity contribution in [1.29, 1.82) is 0 Å². The van der Waals surface area contributed by atoms with Crippen molar-refractivity contribution in [3.8, 4) is 0 Å². The summed E-state index contributed by atoms with van der Waals surface area (Å²) in [4.78, 5) is 0. The van der Waals surface area contributed by atoms with Crippen LogP contribution in [0.5, 0.6) is 0 Å². The highest BCUT2D eigenvalue weighted by Crippen LogP contribution is 2.46. The number of allylic oxidation sites excluding steroid dienone is 1. The third-order valence-corrected chi connectivity index (χ3v) is 5.46. The van der Waals surface area contributed by atoms with Crippen LogP contribution in [0.2, 0.25) is 0 Å². The molecule has 9 atom stereocenters. The Bertz CT molecular complexity index is 452. The van der Waals surface area contributed by atoms with Crippen LogP contribution < -0.4 is 0 Å². The number of aliphatic hydroxyl groups excluding tert-OH is 4. The van der Waals surface area contributed by atoms with E-state index in [1.807, 2.05) is 6.92 Å². The Morgan fingerprint density at radius 1 is 1.13 bits per heavy atom. The summed E-state index contributed by atoms with van der Waals surface area (Å²) >= 11 is 0. The Labute approximate surface area is 135 Å². The van der Waals surface area contributed by atoms with Crippen molar-refractivity contribution >= 4 is 0 Å². The minimum Gasteiger partial charge on any atom is -0.472 e. The van der Waals surface area contributed by atoms with Crippen LogP contribution in [0.4, 0.5) is 0 Å². The molecule has 1 aliphatic carbocycles. The fraction of sp³-hybridized carbons (Fsp3) is 0.875. The number of ether oxygens (including phenoxy) is 3. The second kappa shape index (κ2) is 6.66. The summed E-state index contributed by atoms with van der Waals surface area (Å²) in [6, 6.07) is 0. The van der Waals surface area contributed by atoms with E-state index >= 15 is 0 Å². The van der Waals surface area contributed by atoms with Gasteiger partial charge in [0.1, 0.15) is 24.4 Å². The molecule has 2 aliphatic heterocycles. The normalized spacial score (nSPS) is 50.2. The maximum absolute atomic E-state index is 10.1. The number of aliphatic hydroxyl groups is 4. The molecule has 0 aromatic heterocycles. The highest BCUT2D eigenvalue weighted by molar-refractivity contribution is 5.10. The van der Waals surface area contributed by atoms with Gasteiger partial charge < -0.3 is 34.6 Å². The second-order valence-electron chi connectivity index (χ2n) is 6.94. The van der Waals surface area contributed by atoms with Crippen molar-refractivity contribution in [2.24, 2.45) is 17.8 Å². The topological polar surface area (TPSA) is 109 Å². The molecule has 1 saturated heterocycles. The molecule has 0 aromatic rings. The molecule has 2 heterocycles. The summed E-state index contributed by atoms with van der Waals surface area (Å²) in [5.74, 6) is 0.958. The Kier molecular flexibility index (Phi) is 4.96. The third-order valence-electron chi connectivity index (χ3n) is 5.46. The molecule has 0 aromatic carbocycles. The third kappa shape index (κ3) is 3.01. The van der Waals surface area contributed by atoms with Crippen LogP contribution in [0, 0.1) is 17.8 Å². The van der Waals surface area contributed by atoms with Gasteiger partial charge in [0, 0.05) is 5.92 Å². The summed E-state index contributed by atoms with van der Waals surface area (Å²) in [5.41, 5.74) is 1.19. The molecule has 0 radical (unpaired) electrons. The van der Waals surface area contributed by atoms with Crippen LogP contribution in [-0.2, 0) is 14.2 Å². The van der Waals surface area contributed by atoms with E-state index in [4.69, 9.17) is 14.2 Å². The smallest absolute Gasteiger partial charge is 0.205 e. The molecule has 2 fully saturated rings. The molecule has 0 bridgehead atoms. The first-order valence-corrected chi connectivity index (χ1v) is 8.22. The van der Waals surface area contributed by atoms with Gasteiger partial charge in [0.05, 0.1) is 12.9 Å². The molecule has 0 amide bonds. The van der Waals surface area contributed by atoms with Crippen molar-refractivity contribution in [1.82, 2.24) is 0 Å². The van der Waals surface area contributed by atoms with Gasteiger partial charge >= 0.3 is 0 Å². The Balaban J connectivity index is 1.73. The first-order valence-electron chi connectivity index (χ1n) is 8.22. The van der Waals surface area contributed by atoms with Gasteiger partial charge in [-0.25, -0.2) is 0 Å². The van der Waals surface area contributed by atoms with Gasteiger partial charge in [-0.15, -0.1) is 0 Å². The fourth-order valence-electron chi connectivity index (χ4n) is 4.00. The number of fused-ring (bicyclic) bond motifs is 1. The van der Waals surface area contributed by atoms with Gasteiger partial charge in [0.25, 0.3) is 0 Å². The maximum Gasteiger partial charge on any atom is 0.205 e. The van der Waals surface area contributed by atoms with E-state index in [2.05, 4.69) is 6.92 Å². The van der Waals surface area contributed by atoms with Crippen LogP contribution >= 0.6 is 0 Å². The minimum atomic E-state index is -1.44. The average Bonchev–Trinajstić information content (AvgIpc) is 2.93. The number of hydrogen-bond donors (Lipinski definition) is 4. The highest BCUT2D eigenvalue weighted by atomic mass is 16.8. The van der Waals surface area contributed by atoms with E-state index in [-0.39, 0.29) is 5.92 Å². The number of rotatable bonds is 3. The first kappa shape index (κ1) is 17.1. The van der Waals surface area contributed by atoms with Gasteiger partial charge in [0.2, 0.25) is 6.29 Å². The number of hydrogen-bond acceptors (Lipinski definition) is 7. The monoisotopic (exact) mass is 330 g/mol. The summed E-state index contributed by atoms with van der Waals surface area (Å²) in [5, 5.41) is 39.0. The lowest BCUT2D eigenvalue weighted by Gasteiger charge is -2.43.